The lowest BCUT2D eigenvalue weighted by Gasteiger charge is -2.31. The zero-order chi connectivity index (χ0) is 14.2. The van der Waals surface area contributed by atoms with Crippen LogP contribution in [0.2, 0.25) is 0 Å². The van der Waals surface area contributed by atoms with Gasteiger partial charge in [-0.1, -0.05) is 42.5 Å². The molecule has 0 bridgehead atoms. The monoisotopic (exact) mass is 310 g/mol. The van der Waals surface area contributed by atoms with Gasteiger partial charge in [0.1, 0.15) is 0 Å². The van der Waals surface area contributed by atoms with Gasteiger partial charge in [-0.15, -0.1) is 0 Å². The van der Waals surface area contributed by atoms with Gasteiger partial charge < -0.3 is 4.55 Å². The van der Waals surface area contributed by atoms with Crippen molar-refractivity contribution in [1.29, 1.82) is 0 Å². The maximum Gasteiger partial charge on any atom is 0.170 e. The highest BCUT2D eigenvalue weighted by Crippen LogP contribution is 2.59. The van der Waals surface area contributed by atoms with E-state index in [2.05, 4.69) is 36.4 Å². The second kappa shape index (κ2) is 5.26. The second-order valence-electron chi connectivity index (χ2n) is 4.88. The third-order valence-electron chi connectivity index (χ3n) is 3.63. The first-order valence-electron chi connectivity index (χ1n) is 6.81. The lowest BCUT2D eigenvalue weighted by molar-refractivity contribution is 0.589. The Balaban J connectivity index is 2.01. The van der Waals surface area contributed by atoms with Crippen LogP contribution in [-0.4, -0.2) is 4.55 Å². The molecule has 0 saturated carbocycles. The summed E-state index contributed by atoms with van der Waals surface area (Å²) in [5.41, 5.74) is 0. The number of rotatable bonds is 1. The highest BCUT2D eigenvalue weighted by Gasteiger charge is 2.33. The summed E-state index contributed by atoms with van der Waals surface area (Å²) in [4.78, 5) is 5.67. The molecule has 21 heavy (non-hydrogen) atoms. The van der Waals surface area contributed by atoms with E-state index in [-0.39, 0.29) is 0 Å². The van der Waals surface area contributed by atoms with Gasteiger partial charge in [0.25, 0.3) is 0 Å². The normalized spacial score (nSPS) is 21.4. The van der Waals surface area contributed by atoms with Gasteiger partial charge in [0.2, 0.25) is 0 Å². The molecule has 0 atom stereocenters. The van der Waals surface area contributed by atoms with Crippen molar-refractivity contribution < 1.29 is 4.55 Å². The maximum absolute atomic E-state index is 12.8. The molecular weight excluding hydrogens is 296 g/mol. The zero-order valence-corrected chi connectivity index (χ0v) is 13.0. The van der Waals surface area contributed by atoms with Gasteiger partial charge in [-0.3, -0.25) is 0 Å². The highest BCUT2D eigenvalue weighted by atomic mass is 32.2. The molecule has 3 heteroatoms. The van der Waals surface area contributed by atoms with Crippen molar-refractivity contribution >= 4 is 22.1 Å². The highest BCUT2D eigenvalue weighted by molar-refractivity contribution is 8.18. The van der Waals surface area contributed by atoms with E-state index in [1.54, 1.807) is 0 Å². The molecule has 3 aromatic carbocycles. The minimum Gasteiger partial charge on any atom is -0.606 e. The molecule has 0 aromatic heterocycles. The van der Waals surface area contributed by atoms with Crippen LogP contribution in [0, 0.1) is 0 Å². The second-order valence-corrected chi connectivity index (χ2v) is 8.44. The number of thiol groups is 1. The van der Waals surface area contributed by atoms with Crippen LogP contribution in [0.15, 0.2) is 103 Å². The van der Waals surface area contributed by atoms with Crippen molar-refractivity contribution in [1.82, 2.24) is 0 Å². The van der Waals surface area contributed by atoms with Gasteiger partial charge >= 0.3 is 0 Å². The van der Waals surface area contributed by atoms with Crippen molar-refractivity contribution in [2.45, 2.75) is 24.5 Å². The van der Waals surface area contributed by atoms with E-state index >= 15 is 0 Å². The molecule has 1 heterocycles. The van der Waals surface area contributed by atoms with Crippen LogP contribution in [0.4, 0.5) is 0 Å². The number of fused-ring (bicyclic) bond motifs is 2. The van der Waals surface area contributed by atoms with E-state index in [0.717, 1.165) is 9.79 Å². The van der Waals surface area contributed by atoms with E-state index in [0.29, 0.717) is 0 Å². The van der Waals surface area contributed by atoms with Gasteiger partial charge in [-0.25, -0.2) is 0 Å². The fraction of sp³-hybridized carbons (Fsp3) is 0. The minimum absolute atomic E-state index is 0.618. The maximum atomic E-state index is 12.8. The predicted octanol–water partition coefficient (Wildman–Crippen LogP) is 4.65. The van der Waals surface area contributed by atoms with Crippen LogP contribution in [0.5, 0.6) is 0 Å². The Bertz CT molecular complexity index is 738. The third kappa shape index (κ3) is 2.09. The SMILES string of the molecule is [O-][S+]1c2ccccc2[SH](c2ccccc2)c2ccccc21. The molecule has 0 saturated heterocycles. The first kappa shape index (κ1) is 13.0. The first-order valence-corrected chi connectivity index (χ1v) is 9.30. The molecule has 104 valence electrons. The standard InChI is InChI=1S/C18H14OS2/c19-21-17-12-6-4-10-15(17)20(14-8-2-1-3-9-14)16-11-5-7-13-18(16)21/h1-13,20H. The summed E-state index contributed by atoms with van der Waals surface area (Å²) in [6.45, 7) is 0. The Labute approximate surface area is 130 Å². The Morgan fingerprint density at radius 2 is 1.10 bits per heavy atom. The number of hydrogen-bond acceptors (Lipinski definition) is 1. The zero-order valence-electron chi connectivity index (χ0n) is 11.3. The molecule has 1 aliphatic heterocycles. The van der Waals surface area contributed by atoms with Crippen molar-refractivity contribution in [2.75, 3.05) is 0 Å². The fourth-order valence-electron chi connectivity index (χ4n) is 2.70. The van der Waals surface area contributed by atoms with Crippen LogP contribution in [0.25, 0.3) is 0 Å². The van der Waals surface area contributed by atoms with E-state index < -0.39 is 22.1 Å². The molecule has 1 nitrogen and oxygen atoms in total. The molecule has 0 amide bonds. The number of hydrogen-bond donors (Lipinski definition) is 1. The lowest BCUT2D eigenvalue weighted by atomic mass is 10.3. The van der Waals surface area contributed by atoms with Gasteiger partial charge in [0, 0.05) is 11.2 Å². The van der Waals surface area contributed by atoms with Crippen LogP contribution in [0.3, 0.4) is 0 Å². The summed E-state index contributed by atoms with van der Waals surface area (Å²) >= 11 is -1.07. The van der Waals surface area contributed by atoms with Gasteiger partial charge in [0.15, 0.2) is 9.79 Å². The topological polar surface area (TPSA) is 23.1 Å². The van der Waals surface area contributed by atoms with E-state index in [4.69, 9.17) is 0 Å². The Kier molecular flexibility index (Phi) is 3.26. The fourth-order valence-corrected chi connectivity index (χ4v) is 7.25. The largest absolute Gasteiger partial charge is 0.606 e. The Morgan fingerprint density at radius 1 is 0.619 bits per heavy atom. The summed E-state index contributed by atoms with van der Waals surface area (Å²) in [5.74, 6) is 0. The van der Waals surface area contributed by atoms with E-state index in [1.165, 1.54) is 14.7 Å². The van der Waals surface area contributed by atoms with Crippen LogP contribution in [-0.2, 0) is 11.2 Å². The van der Waals surface area contributed by atoms with Crippen LogP contribution in [0.1, 0.15) is 0 Å². The molecule has 1 aliphatic rings. The van der Waals surface area contributed by atoms with Crippen molar-refractivity contribution in [3.05, 3.63) is 78.9 Å². The average molecular weight is 310 g/mol. The third-order valence-corrected chi connectivity index (χ3v) is 8.00. The summed E-state index contributed by atoms with van der Waals surface area (Å²) in [6.07, 6.45) is 0. The average Bonchev–Trinajstić information content (AvgIpc) is 2.56. The summed E-state index contributed by atoms with van der Waals surface area (Å²) in [6, 6.07) is 26.8. The lowest BCUT2D eigenvalue weighted by Crippen LogP contribution is -2.12. The molecule has 0 spiro atoms. The van der Waals surface area contributed by atoms with Crippen molar-refractivity contribution in [2.24, 2.45) is 0 Å². The molecule has 0 unspecified atom stereocenters. The summed E-state index contributed by atoms with van der Waals surface area (Å²) in [7, 11) is -0.618. The molecular formula is C18H14OS2. The Morgan fingerprint density at radius 3 is 1.67 bits per heavy atom. The van der Waals surface area contributed by atoms with Gasteiger partial charge in [-0.2, -0.15) is 10.9 Å². The molecule has 3 aromatic rings. The minimum atomic E-state index is -1.07. The number of benzene rings is 3. The van der Waals surface area contributed by atoms with E-state index in [1.807, 2.05) is 42.5 Å². The quantitative estimate of drug-likeness (QED) is 0.513. The first-order chi connectivity index (χ1) is 10.4. The van der Waals surface area contributed by atoms with Gasteiger partial charge in [0.05, 0.1) is 9.79 Å². The summed E-state index contributed by atoms with van der Waals surface area (Å²) < 4.78 is 12.8. The smallest absolute Gasteiger partial charge is 0.170 e. The molecule has 4 rings (SSSR count). The van der Waals surface area contributed by atoms with Crippen molar-refractivity contribution in [3.63, 3.8) is 0 Å². The van der Waals surface area contributed by atoms with Gasteiger partial charge in [-0.05, 0) is 41.3 Å². The van der Waals surface area contributed by atoms with Crippen LogP contribution >= 0.6 is 10.9 Å². The Hall–Kier alpha value is -1.68. The molecule has 0 aliphatic carbocycles. The molecule has 0 fully saturated rings. The predicted molar refractivity (Wildman–Crippen MR) is 87.8 cm³/mol. The van der Waals surface area contributed by atoms with E-state index in [9.17, 15) is 4.55 Å². The van der Waals surface area contributed by atoms with Crippen LogP contribution < -0.4 is 0 Å². The summed E-state index contributed by atoms with van der Waals surface area (Å²) in [5, 5.41) is 0. The molecule has 0 radical (unpaired) electrons. The van der Waals surface area contributed by atoms with Crippen molar-refractivity contribution in [3.8, 4) is 0 Å². The molecule has 0 N–H and O–H groups in total.